The minimum atomic E-state index is -0.552. The molecule has 29 heavy (non-hydrogen) atoms. The highest BCUT2D eigenvalue weighted by atomic mass is 16.6. The monoisotopic (exact) mass is 406 g/mol. The van der Waals surface area contributed by atoms with E-state index in [1.54, 1.807) is 11.9 Å². The molecular formula is C23H38N2O4. The number of carbonyl (C=O) groups is 2. The minimum Gasteiger partial charge on any atom is -0.460 e. The highest BCUT2D eigenvalue weighted by Crippen LogP contribution is 2.23. The lowest BCUT2D eigenvalue weighted by atomic mass is 9.92. The molecule has 2 atom stereocenters. The quantitative estimate of drug-likeness (QED) is 0.519. The van der Waals surface area contributed by atoms with Crippen LogP contribution in [-0.4, -0.2) is 41.3 Å². The van der Waals surface area contributed by atoms with E-state index in [-0.39, 0.29) is 24.0 Å². The summed E-state index contributed by atoms with van der Waals surface area (Å²) in [5.74, 6) is -0.544. The molecule has 1 aromatic carbocycles. The molecule has 0 aliphatic heterocycles. The van der Waals surface area contributed by atoms with Gasteiger partial charge in [0.2, 0.25) is 0 Å². The maximum Gasteiger partial charge on any atom is 0.410 e. The van der Waals surface area contributed by atoms with E-state index in [0.717, 1.165) is 5.56 Å². The van der Waals surface area contributed by atoms with Crippen LogP contribution in [0.1, 0.15) is 66.9 Å². The first-order valence-corrected chi connectivity index (χ1v) is 10.2. The molecule has 2 N–H and O–H groups in total. The second kappa shape index (κ2) is 9.99. The molecule has 0 aromatic heterocycles. The van der Waals surface area contributed by atoms with Gasteiger partial charge in [-0.2, -0.15) is 0 Å². The Kier molecular flexibility index (Phi) is 8.54. The van der Waals surface area contributed by atoms with Crippen LogP contribution < -0.4 is 5.73 Å². The number of benzene rings is 1. The zero-order chi connectivity index (χ0) is 22.4. The van der Waals surface area contributed by atoms with Crippen LogP contribution in [0.4, 0.5) is 10.5 Å². The third kappa shape index (κ3) is 9.68. The Hall–Kier alpha value is -2.24. The Bertz CT molecular complexity index is 689. The molecule has 0 bridgehead atoms. The van der Waals surface area contributed by atoms with Crippen molar-refractivity contribution in [1.82, 2.24) is 4.90 Å². The Balaban J connectivity index is 2.82. The lowest BCUT2D eigenvalue weighted by molar-refractivity contribution is -0.160. The number of anilines is 1. The number of hydrogen-bond donors (Lipinski definition) is 1. The molecule has 0 saturated carbocycles. The van der Waals surface area contributed by atoms with Gasteiger partial charge in [-0.15, -0.1) is 0 Å². The Labute approximate surface area is 175 Å². The molecule has 0 radical (unpaired) electrons. The number of nitrogens with two attached hydrogens (primary N) is 1. The third-order valence-electron chi connectivity index (χ3n) is 4.45. The van der Waals surface area contributed by atoms with Crippen molar-refractivity contribution in [3.63, 3.8) is 0 Å². The number of rotatable bonds is 7. The van der Waals surface area contributed by atoms with Gasteiger partial charge in [-0.25, -0.2) is 4.79 Å². The fourth-order valence-corrected chi connectivity index (χ4v) is 2.84. The molecule has 0 spiro atoms. The van der Waals surface area contributed by atoms with Crippen LogP contribution in [0.5, 0.6) is 0 Å². The van der Waals surface area contributed by atoms with Crippen molar-refractivity contribution in [1.29, 1.82) is 0 Å². The number of amides is 1. The predicted molar refractivity (Wildman–Crippen MR) is 117 cm³/mol. The van der Waals surface area contributed by atoms with E-state index in [1.807, 2.05) is 72.7 Å². The standard InChI is InChI=1S/C23H38N2O4/c1-16(25(8)21(27)29-23(5,6)7)12-13-18(20(26)28-22(2,3)4)14-17-10-9-11-19(24)15-17/h9-11,15-16,18H,12-14,24H2,1-8H3/t16-,18?/m1/s1. The average molecular weight is 407 g/mol. The number of carbonyl (C=O) groups excluding carboxylic acids is 2. The van der Waals surface area contributed by atoms with E-state index < -0.39 is 11.2 Å². The molecule has 164 valence electrons. The smallest absolute Gasteiger partial charge is 0.410 e. The molecule has 0 aliphatic carbocycles. The molecule has 1 aromatic rings. The molecule has 0 saturated heterocycles. The molecule has 6 heteroatoms. The predicted octanol–water partition coefficient (Wildman–Crippen LogP) is 4.80. The topological polar surface area (TPSA) is 81.9 Å². The normalized spacial score (nSPS) is 14.1. The lowest BCUT2D eigenvalue weighted by Crippen LogP contribution is -2.40. The van der Waals surface area contributed by atoms with Crippen molar-refractivity contribution in [3.8, 4) is 0 Å². The highest BCUT2D eigenvalue weighted by Gasteiger charge is 2.28. The second-order valence-corrected chi connectivity index (χ2v) is 9.70. The van der Waals surface area contributed by atoms with E-state index in [2.05, 4.69) is 0 Å². The van der Waals surface area contributed by atoms with Gasteiger partial charge in [0.25, 0.3) is 0 Å². The fourth-order valence-electron chi connectivity index (χ4n) is 2.84. The summed E-state index contributed by atoms with van der Waals surface area (Å²) in [6, 6.07) is 7.48. The van der Waals surface area contributed by atoms with Crippen LogP contribution in [0.3, 0.4) is 0 Å². The van der Waals surface area contributed by atoms with Gasteiger partial charge >= 0.3 is 12.1 Å². The highest BCUT2D eigenvalue weighted by molar-refractivity contribution is 5.73. The van der Waals surface area contributed by atoms with E-state index in [4.69, 9.17) is 15.2 Å². The number of nitrogens with zero attached hydrogens (tertiary/aromatic N) is 1. The third-order valence-corrected chi connectivity index (χ3v) is 4.45. The first-order chi connectivity index (χ1) is 13.2. The van der Waals surface area contributed by atoms with Crippen molar-refractivity contribution < 1.29 is 19.1 Å². The van der Waals surface area contributed by atoms with Crippen molar-refractivity contribution in [3.05, 3.63) is 29.8 Å². The molecular weight excluding hydrogens is 368 g/mol. The number of nitrogen functional groups attached to an aromatic ring is 1. The largest absolute Gasteiger partial charge is 0.460 e. The van der Waals surface area contributed by atoms with Crippen molar-refractivity contribution in [2.75, 3.05) is 12.8 Å². The molecule has 0 heterocycles. The van der Waals surface area contributed by atoms with E-state index >= 15 is 0 Å². The van der Waals surface area contributed by atoms with Gasteiger partial charge < -0.3 is 20.1 Å². The lowest BCUT2D eigenvalue weighted by Gasteiger charge is -2.30. The van der Waals surface area contributed by atoms with Crippen molar-refractivity contribution >= 4 is 17.7 Å². The molecule has 1 amide bonds. The summed E-state index contributed by atoms with van der Waals surface area (Å²) < 4.78 is 11.1. The second-order valence-electron chi connectivity index (χ2n) is 9.70. The van der Waals surface area contributed by atoms with Gasteiger partial charge in [-0.05, 0) is 85.4 Å². The van der Waals surface area contributed by atoms with Crippen LogP contribution in [0.25, 0.3) is 0 Å². The average Bonchev–Trinajstić information content (AvgIpc) is 2.54. The first-order valence-electron chi connectivity index (χ1n) is 10.2. The van der Waals surface area contributed by atoms with E-state index in [9.17, 15) is 9.59 Å². The van der Waals surface area contributed by atoms with Crippen LogP contribution in [0.15, 0.2) is 24.3 Å². The van der Waals surface area contributed by atoms with Crippen molar-refractivity contribution in [2.24, 2.45) is 5.92 Å². The maximum absolute atomic E-state index is 12.8. The fraction of sp³-hybridized carbons (Fsp3) is 0.652. The summed E-state index contributed by atoms with van der Waals surface area (Å²) in [6.07, 6.45) is 1.43. The molecule has 6 nitrogen and oxygen atoms in total. The molecule has 0 fully saturated rings. The minimum absolute atomic E-state index is 0.0735. The van der Waals surface area contributed by atoms with Crippen LogP contribution in [0.2, 0.25) is 0 Å². The van der Waals surface area contributed by atoms with Gasteiger partial charge in [-0.1, -0.05) is 12.1 Å². The molecule has 0 aliphatic rings. The van der Waals surface area contributed by atoms with Gasteiger partial charge in [0.15, 0.2) is 0 Å². The Morgan fingerprint density at radius 1 is 1.03 bits per heavy atom. The van der Waals surface area contributed by atoms with Gasteiger partial charge in [0.05, 0.1) is 5.92 Å². The van der Waals surface area contributed by atoms with Gasteiger partial charge in [-0.3, -0.25) is 4.79 Å². The first kappa shape index (κ1) is 24.8. The van der Waals surface area contributed by atoms with E-state index in [1.165, 1.54) is 0 Å². The van der Waals surface area contributed by atoms with Crippen LogP contribution in [0, 0.1) is 5.92 Å². The summed E-state index contributed by atoms with van der Waals surface area (Å²) in [7, 11) is 1.72. The summed E-state index contributed by atoms with van der Waals surface area (Å²) in [6.45, 7) is 13.1. The van der Waals surface area contributed by atoms with Crippen molar-refractivity contribution in [2.45, 2.75) is 85.0 Å². The number of esters is 1. The number of hydrogen-bond acceptors (Lipinski definition) is 5. The molecule has 1 rings (SSSR count). The van der Waals surface area contributed by atoms with E-state index in [0.29, 0.717) is 24.9 Å². The van der Waals surface area contributed by atoms with Gasteiger partial charge in [0, 0.05) is 18.8 Å². The Morgan fingerprint density at radius 3 is 2.14 bits per heavy atom. The van der Waals surface area contributed by atoms with Crippen LogP contribution >= 0.6 is 0 Å². The van der Waals surface area contributed by atoms with Gasteiger partial charge in [0.1, 0.15) is 11.2 Å². The summed E-state index contributed by atoms with van der Waals surface area (Å²) in [5.41, 5.74) is 6.45. The summed E-state index contributed by atoms with van der Waals surface area (Å²) in [5, 5.41) is 0. The SMILES string of the molecule is C[C@H](CCC(Cc1cccc(N)c1)C(=O)OC(C)(C)C)N(C)C(=O)OC(C)(C)C. The molecule has 1 unspecified atom stereocenters. The van der Waals surface area contributed by atoms with Crippen LogP contribution in [-0.2, 0) is 20.7 Å². The zero-order valence-corrected chi connectivity index (χ0v) is 19.2. The summed E-state index contributed by atoms with van der Waals surface area (Å²) >= 11 is 0. The summed E-state index contributed by atoms with van der Waals surface area (Å²) in [4.78, 5) is 26.7. The Morgan fingerprint density at radius 2 is 1.62 bits per heavy atom. The maximum atomic E-state index is 12.8. The zero-order valence-electron chi connectivity index (χ0n) is 19.2. The number of ether oxygens (including phenoxy) is 2.